The van der Waals surface area contributed by atoms with E-state index in [2.05, 4.69) is 5.32 Å². The van der Waals surface area contributed by atoms with Crippen molar-refractivity contribution in [2.45, 2.75) is 18.7 Å². The molecule has 0 fully saturated rings. The number of ether oxygens (including phenoxy) is 1. The third-order valence-corrected chi connectivity index (χ3v) is 4.41. The van der Waals surface area contributed by atoms with Crippen molar-refractivity contribution < 1.29 is 13.9 Å². The summed E-state index contributed by atoms with van der Waals surface area (Å²) in [6.07, 6.45) is 0. The number of methoxy groups -OCH3 is 1. The molecule has 23 heavy (non-hydrogen) atoms. The predicted octanol–water partition coefficient (Wildman–Crippen LogP) is 3.94. The maximum atomic E-state index is 12.9. The fraction of sp³-hybridized carbons (Fsp3) is 0.278. The Hall–Kier alpha value is -2.01. The van der Waals surface area contributed by atoms with Crippen molar-refractivity contribution in [1.82, 2.24) is 5.32 Å². The van der Waals surface area contributed by atoms with E-state index >= 15 is 0 Å². The molecule has 0 saturated carbocycles. The van der Waals surface area contributed by atoms with Crippen LogP contribution in [0.1, 0.15) is 24.1 Å². The zero-order chi connectivity index (χ0) is 16.7. The summed E-state index contributed by atoms with van der Waals surface area (Å²) >= 11 is 1.55. The van der Waals surface area contributed by atoms with Gasteiger partial charge in [0.1, 0.15) is 11.6 Å². The van der Waals surface area contributed by atoms with Crippen molar-refractivity contribution in [3.63, 3.8) is 0 Å². The summed E-state index contributed by atoms with van der Waals surface area (Å²) in [6, 6.07) is 13.8. The van der Waals surface area contributed by atoms with E-state index in [9.17, 15) is 9.18 Å². The van der Waals surface area contributed by atoms with Gasteiger partial charge in [0, 0.05) is 5.75 Å². The zero-order valence-corrected chi connectivity index (χ0v) is 14.0. The highest BCUT2D eigenvalue weighted by atomic mass is 32.2. The van der Waals surface area contributed by atoms with E-state index in [4.69, 9.17) is 4.74 Å². The van der Waals surface area contributed by atoms with Crippen LogP contribution in [0.15, 0.2) is 48.5 Å². The molecule has 0 bridgehead atoms. The van der Waals surface area contributed by atoms with Gasteiger partial charge in [-0.1, -0.05) is 24.3 Å². The minimum atomic E-state index is -0.276. The molecule has 1 amide bonds. The van der Waals surface area contributed by atoms with Crippen LogP contribution in [-0.2, 0) is 10.5 Å². The highest BCUT2D eigenvalue weighted by molar-refractivity contribution is 7.99. The molecule has 0 aromatic heterocycles. The van der Waals surface area contributed by atoms with Crippen molar-refractivity contribution in [1.29, 1.82) is 0 Å². The Bertz CT molecular complexity index is 628. The Balaban J connectivity index is 1.74. The van der Waals surface area contributed by atoms with Crippen LogP contribution >= 0.6 is 11.8 Å². The van der Waals surface area contributed by atoms with Crippen LogP contribution in [0.4, 0.5) is 4.39 Å². The number of benzene rings is 2. The van der Waals surface area contributed by atoms with Crippen LogP contribution < -0.4 is 10.1 Å². The fourth-order valence-corrected chi connectivity index (χ4v) is 2.90. The lowest BCUT2D eigenvalue weighted by Gasteiger charge is -2.14. The Labute approximate surface area is 140 Å². The van der Waals surface area contributed by atoms with E-state index in [0.29, 0.717) is 5.75 Å². The normalized spacial score (nSPS) is 11.8. The molecule has 0 saturated heterocycles. The summed E-state index contributed by atoms with van der Waals surface area (Å²) in [7, 11) is 1.64. The predicted molar refractivity (Wildman–Crippen MR) is 92.1 cm³/mol. The van der Waals surface area contributed by atoms with E-state index < -0.39 is 0 Å². The maximum absolute atomic E-state index is 12.9. The van der Waals surface area contributed by atoms with Crippen molar-refractivity contribution in [2.75, 3.05) is 12.9 Å². The molecule has 0 heterocycles. The lowest BCUT2D eigenvalue weighted by atomic mass is 10.1. The molecule has 3 nitrogen and oxygen atoms in total. The maximum Gasteiger partial charge on any atom is 0.230 e. The van der Waals surface area contributed by atoms with Gasteiger partial charge in [-0.15, -0.1) is 11.8 Å². The monoisotopic (exact) mass is 333 g/mol. The van der Waals surface area contributed by atoms with Gasteiger partial charge < -0.3 is 10.1 Å². The largest absolute Gasteiger partial charge is 0.497 e. The molecule has 122 valence electrons. The van der Waals surface area contributed by atoms with Crippen molar-refractivity contribution >= 4 is 17.7 Å². The minimum absolute atomic E-state index is 0.0275. The molecular weight excluding hydrogens is 313 g/mol. The average Bonchev–Trinajstić information content (AvgIpc) is 2.56. The number of rotatable bonds is 7. The second kappa shape index (κ2) is 8.58. The lowest BCUT2D eigenvalue weighted by molar-refractivity contribution is -0.119. The summed E-state index contributed by atoms with van der Waals surface area (Å²) < 4.78 is 18.0. The summed E-state index contributed by atoms with van der Waals surface area (Å²) in [5.41, 5.74) is 2.04. The van der Waals surface area contributed by atoms with Gasteiger partial charge >= 0.3 is 0 Å². The highest BCUT2D eigenvalue weighted by Gasteiger charge is 2.09. The van der Waals surface area contributed by atoms with Crippen molar-refractivity contribution in [2.24, 2.45) is 0 Å². The zero-order valence-electron chi connectivity index (χ0n) is 13.2. The number of carbonyl (C=O) groups excluding carboxylic acids is 1. The second-order valence-electron chi connectivity index (χ2n) is 5.18. The first-order chi connectivity index (χ1) is 11.1. The molecule has 5 heteroatoms. The molecule has 0 radical (unpaired) electrons. The summed E-state index contributed by atoms with van der Waals surface area (Å²) in [6.45, 7) is 1.89. The van der Waals surface area contributed by atoms with Gasteiger partial charge in [-0.05, 0) is 42.3 Å². The Morgan fingerprint density at radius 2 is 1.83 bits per heavy atom. The van der Waals surface area contributed by atoms with E-state index in [1.165, 1.54) is 12.1 Å². The fourth-order valence-electron chi connectivity index (χ4n) is 2.10. The third kappa shape index (κ3) is 5.60. The van der Waals surface area contributed by atoms with Crippen LogP contribution in [0.25, 0.3) is 0 Å². The Morgan fingerprint density at radius 3 is 2.43 bits per heavy atom. The summed E-state index contributed by atoms with van der Waals surface area (Å²) in [4.78, 5) is 12.0. The quantitative estimate of drug-likeness (QED) is 0.834. The third-order valence-electron chi connectivity index (χ3n) is 3.41. The lowest BCUT2D eigenvalue weighted by Crippen LogP contribution is -2.28. The van der Waals surface area contributed by atoms with Crippen LogP contribution in [0.5, 0.6) is 5.75 Å². The molecule has 2 aromatic carbocycles. The van der Waals surface area contributed by atoms with Gasteiger partial charge in [0.25, 0.3) is 0 Å². The molecule has 0 aliphatic heterocycles. The first-order valence-electron chi connectivity index (χ1n) is 7.34. The van der Waals surface area contributed by atoms with Crippen LogP contribution in [0.2, 0.25) is 0 Å². The smallest absolute Gasteiger partial charge is 0.230 e. The average molecular weight is 333 g/mol. The molecular formula is C18H20FNO2S. The summed E-state index contributed by atoms with van der Waals surface area (Å²) in [5.74, 6) is 1.67. The molecule has 0 aliphatic rings. The van der Waals surface area contributed by atoms with Gasteiger partial charge in [0.15, 0.2) is 0 Å². The number of nitrogens with one attached hydrogen (secondary N) is 1. The Morgan fingerprint density at radius 1 is 1.17 bits per heavy atom. The highest BCUT2D eigenvalue weighted by Crippen LogP contribution is 2.17. The number of halogens is 1. The molecule has 0 aliphatic carbocycles. The van der Waals surface area contributed by atoms with Crippen molar-refractivity contribution in [3.8, 4) is 5.75 Å². The number of amides is 1. The van der Waals surface area contributed by atoms with Gasteiger partial charge in [0.05, 0.1) is 18.9 Å². The molecule has 2 rings (SSSR count). The number of thioether (sulfide) groups is 1. The first kappa shape index (κ1) is 17.3. The van der Waals surface area contributed by atoms with Crippen LogP contribution in [-0.4, -0.2) is 18.8 Å². The minimum Gasteiger partial charge on any atom is -0.497 e. The van der Waals surface area contributed by atoms with Crippen molar-refractivity contribution in [3.05, 3.63) is 65.5 Å². The van der Waals surface area contributed by atoms with Gasteiger partial charge in [-0.3, -0.25) is 4.79 Å². The molecule has 0 unspecified atom stereocenters. The van der Waals surface area contributed by atoms with Gasteiger partial charge in [-0.25, -0.2) is 4.39 Å². The van der Waals surface area contributed by atoms with Gasteiger partial charge in [0.2, 0.25) is 5.91 Å². The topological polar surface area (TPSA) is 38.3 Å². The van der Waals surface area contributed by atoms with Gasteiger partial charge in [-0.2, -0.15) is 0 Å². The number of hydrogen-bond donors (Lipinski definition) is 1. The standard InChI is InChI=1S/C18H20FNO2S/c1-13(15-5-7-16(19)8-6-15)20-18(21)12-23-11-14-3-9-17(22-2)10-4-14/h3-10,13H,11-12H2,1-2H3,(H,20,21)/t13-/m1/s1. The summed E-state index contributed by atoms with van der Waals surface area (Å²) in [5, 5.41) is 2.92. The van der Waals surface area contributed by atoms with Crippen LogP contribution in [0, 0.1) is 5.82 Å². The first-order valence-corrected chi connectivity index (χ1v) is 8.49. The molecule has 1 N–H and O–H groups in total. The van der Waals surface area contributed by atoms with E-state index in [1.54, 1.807) is 31.0 Å². The second-order valence-corrected chi connectivity index (χ2v) is 6.17. The van der Waals surface area contributed by atoms with E-state index in [0.717, 1.165) is 22.6 Å². The number of hydrogen-bond acceptors (Lipinski definition) is 3. The Kier molecular flexibility index (Phi) is 6.47. The van der Waals surface area contributed by atoms with Crippen LogP contribution in [0.3, 0.4) is 0 Å². The molecule has 0 spiro atoms. The SMILES string of the molecule is COc1ccc(CSCC(=O)N[C@H](C)c2ccc(F)cc2)cc1. The van der Waals surface area contributed by atoms with E-state index in [1.807, 2.05) is 31.2 Å². The number of carbonyl (C=O) groups is 1. The van der Waals surface area contributed by atoms with E-state index in [-0.39, 0.29) is 17.8 Å². The molecule has 2 aromatic rings. The molecule has 1 atom stereocenters.